The quantitative estimate of drug-likeness (QED) is 0.569. The minimum atomic E-state index is -0.00523. The molecule has 1 N–H and O–H groups in total. The predicted octanol–water partition coefficient (Wildman–Crippen LogP) is 4.04. The number of likely N-dealkylation sites (tertiary alicyclic amines) is 1. The van der Waals surface area contributed by atoms with Crippen molar-refractivity contribution in [2.24, 2.45) is 0 Å². The van der Waals surface area contributed by atoms with Gasteiger partial charge in [0.25, 0.3) is 0 Å². The molecule has 0 aliphatic carbocycles. The number of para-hydroxylation sites is 2. The van der Waals surface area contributed by atoms with Crippen LogP contribution in [0.3, 0.4) is 0 Å². The Morgan fingerprint density at radius 3 is 2.28 bits per heavy atom. The van der Waals surface area contributed by atoms with Gasteiger partial charge in [0.2, 0.25) is 11.8 Å². The number of carbonyl (C=O) groups excluding carboxylic acids is 2. The molecule has 6 heteroatoms. The molecule has 6 nitrogen and oxygen atoms in total. The summed E-state index contributed by atoms with van der Waals surface area (Å²) in [5, 5.41) is 3.07. The molecule has 0 spiro atoms. The first-order chi connectivity index (χ1) is 15.5. The van der Waals surface area contributed by atoms with E-state index in [1.165, 1.54) is 0 Å². The van der Waals surface area contributed by atoms with Crippen LogP contribution in [0.4, 0.5) is 0 Å². The van der Waals surface area contributed by atoms with Gasteiger partial charge in [-0.1, -0.05) is 36.4 Å². The van der Waals surface area contributed by atoms with Crippen molar-refractivity contribution >= 4 is 11.8 Å². The first kappa shape index (κ1) is 23.6. The number of carbonyl (C=O) groups is 2. The highest BCUT2D eigenvalue weighted by molar-refractivity contribution is 5.77. The molecule has 0 unspecified atom stereocenters. The number of benzene rings is 2. The highest BCUT2D eigenvalue weighted by Gasteiger charge is 2.23. The smallest absolute Gasteiger partial charge is 0.223 e. The molecule has 0 aromatic heterocycles. The first-order valence-corrected chi connectivity index (χ1v) is 11.5. The molecule has 0 radical (unpaired) electrons. The summed E-state index contributed by atoms with van der Waals surface area (Å²) in [6.07, 6.45) is 3.09. The second-order valence-electron chi connectivity index (χ2n) is 8.31. The van der Waals surface area contributed by atoms with Gasteiger partial charge in [-0.3, -0.25) is 9.59 Å². The molecule has 1 aliphatic rings. The fraction of sp³-hybridized carbons (Fsp3) is 0.462. The van der Waals surface area contributed by atoms with Gasteiger partial charge in [0, 0.05) is 25.6 Å². The van der Waals surface area contributed by atoms with E-state index in [0.29, 0.717) is 45.6 Å². The Morgan fingerprint density at radius 1 is 0.906 bits per heavy atom. The number of hydrogen-bond acceptors (Lipinski definition) is 4. The van der Waals surface area contributed by atoms with Gasteiger partial charge in [0.1, 0.15) is 11.5 Å². The SMILES string of the molecule is Cc1cccc(C)c1OCCCC(=O)N1CCC(NC(=O)CCOc2ccccc2)CC1. The van der Waals surface area contributed by atoms with Crippen LogP contribution in [-0.2, 0) is 9.59 Å². The minimum Gasteiger partial charge on any atom is -0.493 e. The average molecular weight is 439 g/mol. The lowest BCUT2D eigenvalue weighted by molar-refractivity contribution is -0.132. The molecule has 1 fully saturated rings. The van der Waals surface area contributed by atoms with Gasteiger partial charge >= 0.3 is 0 Å². The van der Waals surface area contributed by atoms with Crippen LogP contribution in [0.2, 0.25) is 0 Å². The van der Waals surface area contributed by atoms with Gasteiger partial charge in [0.15, 0.2) is 0 Å². The fourth-order valence-electron chi connectivity index (χ4n) is 3.93. The molecule has 32 heavy (non-hydrogen) atoms. The molecule has 3 rings (SSSR count). The highest BCUT2D eigenvalue weighted by Crippen LogP contribution is 2.22. The van der Waals surface area contributed by atoms with Gasteiger partial charge in [-0.15, -0.1) is 0 Å². The number of aryl methyl sites for hydroxylation is 2. The van der Waals surface area contributed by atoms with Crippen LogP contribution < -0.4 is 14.8 Å². The number of ether oxygens (including phenoxy) is 2. The summed E-state index contributed by atoms with van der Waals surface area (Å²) in [6, 6.07) is 15.7. The van der Waals surface area contributed by atoms with Crippen molar-refractivity contribution in [1.82, 2.24) is 10.2 Å². The zero-order valence-corrected chi connectivity index (χ0v) is 19.1. The highest BCUT2D eigenvalue weighted by atomic mass is 16.5. The van der Waals surface area contributed by atoms with E-state index in [0.717, 1.165) is 35.5 Å². The molecule has 2 aromatic carbocycles. The molecule has 1 heterocycles. The zero-order valence-electron chi connectivity index (χ0n) is 19.1. The van der Waals surface area contributed by atoms with Gasteiger partial charge in [-0.05, 0) is 56.4 Å². The summed E-state index contributed by atoms with van der Waals surface area (Å²) in [5.41, 5.74) is 2.24. The minimum absolute atomic E-state index is 0.00523. The fourth-order valence-corrected chi connectivity index (χ4v) is 3.93. The number of amides is 2. The summed E-state index contributed by atoms with van der Waals surface area (Å²) in [5.74, 6) is 1.85. The van der Waals surface area contributed by atoms with Crippen molar-refractivity contribution < 1.29 is 19.1 Å². The Labute approximate surface area is 190 Å². The van der Waals surface area contributed by atoms with Crippen molar-refractivity contribution in [2.75, 3.05) is 26.3 Å². The number of nitrogens with one attached hydrogen (secondary N) is 1. The van der Waals surface area contributed by atoms with E-state index in [9.17, 15) is 9.59 Å². The van der Waals surface area contributed by atoms with Crippen molar-refractivity contribution in [3.63, 3.8) is 0 Å². The molecular weight excluding hydrogens is 404 g/mol. The van der Waals surface area contributed by atoms with Crippen molar-refractivity contribution in [1.29, 1.82) is 0 Å². The third kappa shape index (κ3) is 7.29. The van der Waals surface area contributed by atoms with Crippen LogP contribution in [0.5, 0.6) is 11.5 Å². The lowest BCUT2D eigenvalue weighted by Crippen LogP contribution is -2.46. The largest absolute Gasteiger partial charge is 0.493 e. The lowest BCUT2D eigenvalue weighted by Gasteiger charge is -2.32. The second kappa shape index (κ2) is 12.1. The van der Waals surface area contributed by atoms with Crippen LogP contribution in [0.15, 0.2) is 48.5 Å². The maximum Gasteiger partial charge on any atom is 0.223 e. The van der Waals surface area contributed by atoms with E-state index in [2.05, 4.69) is 5.32 Å². The van der Waals surface area contributed by atoms with E-state index in [4.69, 9.17) is 9.47 Å². The van der Waals surface area contributed by atoms with E-state index in [-0.39, 0.29) is 17.9 Å². The van der Waals surface area contributed by atoms with Crippen LogP contribution in [-0.4, -0.2) is 49.1 Å². The molecule has 172 valence electrons. The van der Waals surface area contributed by atoms with Crippen LogP contribution in [0, 0.1) is 13.8 Å². The number of rotatable bonds is 10. The van der Waals surface area contributed by atoms with Gasteiger partial charge < -0.3 is 19.7 Å². The van der Waals surface area contributed by atoms with Crippen LogP contribution >= 0.6 is 0 Å². The summed E-state index contributed by atoms with van der Waals surface area (Å²) >= 11 is 0. The van der Waals surface area contributed by atoms with Crippen LogP contribution in [0.25, 0.3) is 0 Å². The van der Waals surface area contributed by atoms with Crippen LogP contribution in [0.1, 0.15) is 43.2 Å². The van der Waals surface area contributed by atoms with E-state index in [1.54, 1.807) is 0 Å². The van der Waals surface area contributed by atoms with Gasteiger partial charge in [0.05, 0.1) is 19.6 Å². The summed E-state index contributed by atoms with van der Waals surface area (Å²) < 4.78 is 11.5. The van der Waals surface area contributed by atoms with Crippen molar-refractivity contribution in [2.45, 2.75) is 52.0 Å². The molecule has 0 atom stereocenters. The van der Waals surface area contributed by atoms with Crippen molar-refractivity contribution in [3.8, 4) is 11.5 Å². The Morgan fingerprint density at radius 2 is 1.59 bits per heavy atom. The lowest BCUT2D eigenvalue weighted by atomic mass is 10.0. The molecule has 0 saturated carbocycles. The summed E-state index contributed by atoms with van der Waals surface area (Å²) in [6.45, 7) is 6.33. The Kier molecular flexibility index (Phi) is 8.96. The monoisotopic (exact) mass is 438 g/mol. The third-order valence-electron chi connectivity index (χ3n) is 5.74. The Bertz CT molecular complexity index is 856. The molecule has 1 saturated heterocycles. The molecule has 0 bridgehead atoms. The maximum atomic E-state index is 12.5. The molecular formula is C26H34N2O4. The topological polar surface area (TPSA) is 67.9 Å². The molecule has 2 amide bonds. The standard InChI is InChI=1S/C26H34N2O4/c1-20-8-6-9-21(2)26(20)32-18-7-12-25(30)28-16-13-22(14-17-28)27-24(29)15-19-31-23-10-4-3-5-11-23/h3-6,8-11,22H,7,12-19H2,1-2H3,(H,27,29). The molecule has 2 aromatic rings. The van der Waals surface area contributed by atoms with Crippen molar-refractivity contribution in [3.05, 3.63) is 59.7 Å². The van der Waals surface area contributed by atoms with E-state index in [1.807, 2.05) is 67.3 Å². The zero-order chi connectivity index (χ0) is 22.8. The number of nitrogens with zero attached hydrogens (tertiary/aromatic N) is 1. The average Bonchev–Trinajstić information content (AvgIpc) is 2.79. The summed E-state index contributed by atoms with van der Waals surface area (Å²) in [4.78, 5) is 26.6. The summed E-state index contributed by atoms with van der Waals surface area (Å²) in [7, 11) is 0. The van der Waals surface area contributed by atoms with Gasteiger partial charge in [-0.2, -0.15) is 0 Å². The Hall–Kier alpha value is -3.02. The Balaban J connectivity index is 1.28. The van der Waals surface area contributed by atoms with E-state index >= 15 is 0 Å². The van der Waals surface area contributed by atoms with Gasteiger partial charge in [-0.25, -0.2) is 0 Å². The second-order valence-corrected chi connectivity index (χ2v) is 8.31. The predicted molar refractivity (Wildman–Crippen MR) is 125 cm³/mol. The number of hydrogen-bond donors (Lipinski definition) is 1. The first-order valence-electron chi connectivity index (χ1n) is 11.5. The third-order valence-corrected chi connectivity index (χ3v) is 5.74. The molecule has 1 aliphatic heterocycles. The van der Waals surface area contributed by atoms with E-state index < -0.39 is 0 Å². The normalized spacial score (nSPS) is 14.1. The maximum absolute atomic E-state index is 12.5. The number of piperidine rings is 1.